The molecule has 0 amide bonds. The van der Waals surface area contributed by atoms with Gasteiger partial charge in [0.2, 0.25) is 10.0 Å². The number of aryl methyl sites for hydroxylation is 2. The summed E-state index contributed by atoms with van der Waals surface area (Å²) in [5.74, 6) is 0.789. The van der Waals surface area contributed by atoms with Gasteiger partial charge in [0, 0.05) is 16.9 Å². The van der Waals surface area contributed by atoms with Crippen molar-refractivity contribution in [3.05, 3.63) is 17.1 Å². The number of nitrogens with one attached hydrogen (secondary N) is 1. The second-order valence-electron chi connectivity index (χ2n) is 5.17. The third-order valence-electron chi connectivity index (χ3n) is 3.79. The maximum absolute atomic E-state index is 12.5. The van der Waals surface area contributed by atoms with Crippen LogP contribution in [0.4, 0.5) is 0 Å². The highest BCUT2D eigenvalue weighted by atomic mass is 32.2. The number of rotatable bonds is 5. The van der Waals surface area contributed by atoms with Gasteiger partial charge in [-0.25, -0.2) is 13.1 Å². The number of hydrogen-bond donors (Lipinski definition) is 2. The second kappa shape index (κ2) is 6.09. The summed E-state index contributed by atoms with van der Waals surface area (Å²) in [6.07, 6.45) is 4.79. The van der Waals surface area contributed by atoms with Crippen LogP contribution in [0.25, 0.3) is 0 Å². The van der Waals surface area contributed by atoms with Gasteiger partial charge in [-0.05, 0) is 39.4 Å². The molecule has 5 nitrogen and oxygen atoms in total. The van der Waals surface area contributed by atoms with Crippen molar-refractivity contribution in [2.45, 2.75) is 55.9 Å². The highest BCUT2D eigenvalue weighted by Gasteiger charge is 2.32. The molecule has 1 fully saturated rings. The van der Waals surface area contributed by atoms with E-state index in [1.807, 2.05) is 0 Å². The van der Waals surface area contributed by atoms with Gasteiger partial charge in [0.05, 0.1) is 6.61 Å². The first kappa shape index (κ1) is 15.9. The van der Waals surface area contributed by atoms with Gasteiger partial charge >= 0.3 is 0 Å². The molecule has 0 spiro atoms. The monoisotopic (exact) mass is 319 g/mol. The number of furan rings is 1. The minimum atomic E-state index is -3.64. The van der Waals surface area contributed by atoms with Gasteiger partial charge in [-0.2, -0.15) is 11.8 Å². The zero-order valence-electron chi connectivity index (χ0n) is 12.0. The average Bonchev–Trinajstić information content (AvgIpc) is 2.92. The van der Waals surface area contributed by atoms with E-state index in [0.29, 0.717) is 22.3 Å². The second-order valence-corrected chi connectivity index (χ2v) is 7.96. The molecular weight excluding hydrogens is 298 g/mol. The van der Waals surface area contributed by atoms with Gasteiger partial charge in [0.1, 0.15) is 16.4 Å². The predicted octanol–water partition coefficient (Wildman–Crippen LogP) is 1.95. The molecular formula is C13H21NO4S2. The van der Waals surface area contributed by atoms with Crippen molar-refractivity contribution in [3.8, 4) is 0 Å². The van der Waals surface area contributed by atoms with Crippen molar-refractivity contribution < 1.29 is 17.9 Å². The first-order valence-corrected chi connectivity index (χ1v) is 9.41. The molecule has 2 rings (SSSR count). The molecule has 1 aliphatic rings. The number of aliphatic hydroxyl groups excluding tert-OH is 1. The molecule has 7 heteroatoms. The molecule has 2 unspecified atom stereocenters. The molecule has 1 aromatic rings. The molecule has 114 valence electrons. The van der Waals surface area contributed by atoms with Crippen molar-refractivity contribution in [1.82, 2.24) is 4.72 Å². The van der Waals surface area contributed by atoms with Crippen molar-refractivity contribution >= 4 is 21.8 Å². The fourth-order valence-corrected chi connectivity index (χ4v) is 5.30. The Balaban J connectivity index is 2.23. The summed E-state index contributed by atoms with van der Waals surface area (Å²) in [6.45, 7) is 2.94. The zero-order chi connectivity index (χ0) is 14.9. The summed E-state index contributed by atoms with van der Waals surface area (Å²) < 4.78 is 33.1. The summed E-state index contributed by atoms with van der Waals surface area (Å²) >= 11 is 1.78. The van der Waals surface area contributed by atoms with Crippen LogP contribution in [0.2, 0.25) is 0 Å². The lowest BCUT2D eigenvalue weighted by molar-refractivity contribution is 0.276. The Labute approximate surface area is 124 Å². The first-order valence-electron chi connectivity index (χ1n) is 6.64. The largest absolute Gasteiger partial charge is 0.465 e. The summed E-state index contributed by atoms with van der Waals surface area (Å²) in [6, 6.07) is -0.0291. The summed E-state index contributed by atoms with van der Waals surface area (Å²) in [7, 11) is -3.64. The lowest BCUT2D eigenvalue weighted by Gasteiger charge is -2.13. The van der Waals surface area contributed by atoms with E-state index in [2.05, 4.69) is 11.0 Å². The van der Waals surface area contributed by atoms with E-state index in [-0.39, 0.29) is 17.5 Å². The van der Waals surface area contributed by atoms with E-state index in [4.69, 9.17) is 4.42 Å². The number of sulfonamides is 1. The van der Waals surface area contributed by atoms with Gasteiger partial charge in [0.25, 0.3) is 0 Å². The molecule has 0 bridgehead atoms. The molecule has 1 saturated carbocycles. The molecule has 1 aromatic heterocycles. The molecule has 0 radical (unpaired) electrons. The van der Waals surface area contributed by atoms with Gasteiger partial charge in [-0.15, -0.1) is 0 Å². The molecule has 2 atom stereocenters. The summed E-state index contributed by atoms with van der Waals surface area (Å²) in [5.41, 5.74) is 0.356. The summed E-state index contributed by atoms with van der Waals surface area (Å²) in [4.78, 5) is 0.102. The highest BCUT2D eigenvalue weighted by Crippen LogP contribution is 2.31. The Hall–Kier alpha value is -0.500. The van der Waals surface area contributed by atoms with E-state index < -0.39 is 10.0 Å². The quantitative estimate of drug-likeness (QED) is 0.867. The summed E-state index contributed by atoms with van der Waals surface area (Å²) in [5, 5.41) is 9.88. The van der Waals surface area contributed by atoms with Crippen LogP contribution in [0, 0.1) is 13.8 Å². The molecule has 0 aromatic carbocycles. The van der Waals surface area contributed by atoms with Crippen LogP contribution in [0.3, 0.4) is 0 Å². The Bertz CT molecular complexity index is 579. The third kappa shape index (κ3) is 3.05. The van der Waals surface area contributed by atoms with Crippen molar-refractivity contribution in [2.24, 2.45) is 0 Å². The standard InChI is InChI=1S/C13H21NO4S2/c1-8-12(7-15)13(9(2)18-8)20(16,17)14-10-4-5-11(6-10)19-3/h10-11,14-15H,4-7H2,1-3H3. The Kier molecular flexibility index (Phi) is 4.84. The normalized spacial score (nSPS) is 23.4. The van der Waals surface area contributed by atoms with Crippen molar-refractivity contribution in [2.75, 3.05) is 6.26 Å². The van der Waals surface area contributed by atoms with Crippen LogP contribution in [0.15, 0.2) is 9.31 Å². The Morgan fingerprint density at radius 2 is 2.05 bits per heavy atom. The first-order chi connectivity index (χ1) is 9.39. The van der Waals surface area contributed by atoms with E-state index in [9.17, 15) is 13.5 Å². The SMILES string of the molecule is CSC1CCC(NS(=O)(=O)c2c(C)oc(C)c2CO)C1. The lowest BCUT2D eigenvalue weighted by Crippen LogP contribution is -2.33. The smallest absolute Gasteiger partial charge is 0.244 e. The van der Waals surface area contributed by atoms with Gasteiger partial charge < -0.3 is 9.52 Å². The maximum Gasteiger partial charge on any atom is 0.244 e. The molecule has 2 N–H and O–H groups in total. The van der Waals surface area contributed by atoms with E-state index >= 15 is 0 Å². The van der Waals surface area contributed by atoms with E-state index in [1.165, 1.54) is 0 Å². The minimum absolute atomic E-state index is 0.0291. The van der Waals surface area contributed by atoms with Gasteiger partial charge in [-0.3, -0.25) is 0 Å². The highest BCUT2D eigenvalue weighted by molar-refractivity contribution is 7.99. The van der Waals surface area contributed by atoms with Gasteiger partial charge in [0.15, 0.2) is 0 Å². The van der Waals surface area contributed by atoms with Crippen LogP contribution < -0.4 is 4.72 Å². The van der Waals surface area contributed by atoms with Crippen LogP contribution in [0.5, 0.6) is 0 Å². The lowest BCUT2D eigenvalue weighted by atomic mass is 10.2. The molecule has 1 heterocycles. The Morgan fingerprint density at radius 1 is 1.35 bits per heavy atom. The van der Waals surface area contributed by atoms with E-state index in [1.54, 1.807) is 25.6 Å². The molecule has 0 aliphatic heterocycles. The van der Waals surface area contributed by atoms with Crippen molar-refractivity contribution in [3.63, 3.8) is 0 Å². The van der Waals surface area contributed by atoms with Crippen LogP contribution >= 0.6 is 11.8 Å². The molecule has 1 aliphatic carbocycles. The third-order valence-corrected chi connectivity index (χ3v) is 6.60. The van der Waals surface area contributed by atoms with Gasteiger partial charge in [-0.1, -0.05) is 0 Å². The maximum atomic E-state index is 12.5. The fraction of sp³-hybridized carbons (Fsp3) is 0.692. The zero-order valence-corrected chi connectivity index (χ0v) is 13.6. The van der Waals surface area contributed by atoms with Crippen LogP contribution in [-0.2, 0) is 16.6 Å². The number of hydrogen-bond acceptors (Lipinski definition) is 5. The topological polar surface area (TPSA) is 79.5 Å². The minimum Gasteiger partial charge on any atom is -0.465 e. The van der Waals surface area contributed by atoms with Crippen LogP contribution in [-0.4, -0.2) is 31.1 Å². The van der Waals surface area contributed by atoms with E-state index in [0.717, 1.165) is 19.3 Å². The fourth-order valence-electron chi connectivity index (χ4n) is 2.78. The average molecular weight is 319 g/mol. The number of thioether (sulfide) groups is 1. The molecule has 0 saturated heterocycles. The van der Waals surface area contributed by atoms with Crippen molar-refractivity contribution in [1.29, 1.82) is 0 Å². The molecule has 20 heavy (non-hydrogen) atoms. The number of aliphatic hydroxyl groups is 1. The predicted molar refractivity (Wildman–Crippen MR) is 79.4 cm³/mol. The Morgan fingerprint density at radius 3 is 2.60 bits per heavy atom. The van der Waals surface area contributed by atoms with Crippen LogP contribution in [0.1, 0.15) is 36.3 Å².